The zero-order valence-corrected chi connectivity index (χ0v) is 17.9. The fraction of sp³-hybridized carbons (Fsp3) is 0.400. The number of hydrogen-bond donors (Lipinski definition) is 2. The number of nitrogens with zero attached hydrogens (tertiary/aromatic N) is 3. The number of anilines is 2. The first-order chi connectivity index (χ1) is 14.8. The monoisotopic (exact) mass is 403 g/mol. The lowest BCUT2D eigenvalue weighted by atomic mass is 10.0. The zero-order chi connectivity index (χ0) is 20.6. The van der Waals surface area contributed by atoms with E-state index in [2.05, 4.69) is 94.1 Å². The van der Waals surface area contributed by atoms with Gasteiger partial charge in [0.15, 0.2) is 5.96 Å². The average molecular weight is 404 g/mol. The van der Waals surface area contributed by atoms with Crippen molar-refractivity contribution >= 4 is 17.3 Å². The molecule has 0 amide bonds. The second-order valence-electron chi connectivity index (χ2n) is 7.98. The number of rotatable bonds is 6. The summed E-state index contributed by atoms with van der Waals surface area (Å²) in [6, 6.07) is 20.0. The Bertz CT molecular complexity index is 828. The molecule has 2 aromatic carbocycles. The van der Waals surface area contributed by atoms with Crippen LogP contribution in [0.5, 0.6) is 0 Å². The van der Waals surface area contributed by atoms with E-state index in [1.54, 1.807) is 0 Å². The fourth-order valence-corrected chi connectivity index (χ4v) is 4.11. The molecule has 2 aliphatic rings. The Morgan fingerprint density at radius 1 is 0.900 bits per heavy atom. The molecule has 1 fully saturated rings. The number of nitrogens with one attached hydrogen (secondary N) is 2. The molecule has 158 valence electrons. The van der Waals surface area contributed by atoms with E-state index < -0.39 is 0 Å². The standard InChI is InChI=1S/C25H33N5/c1-2-26-25(27-20-21-10-12-24(13-11-21)29-16-6-7-17-29)28-22-14-18-30(19-15-22)23-8-4-3-5-9-23/h3-13,22H,2,14-20H2,1H3,(H2,26,27,28). The molecule has 0 bridgehead atoms. The topological polar surface area (TPSA) is 42.9 Å². The maximum Gasteiger partial charge on any atom is 0.191 e. The van der Waals surface area contributed by atoms with E-state index >= 15 is 0 Å². The summed E-state index contributed by atoms with van der Waals surface area (Å²) in [5.74, 6) is 0.920. The van der Waals surface area contributed by atoms with Crippen molar-refractivity contribution in [2.24, 2.45) is 4.99 Å². The Hall–Kier alpha value is -2.95. The molecule has 0 radical (unpaired) electrons. The Kier molecular flexibility index (Phi) is 6.91. The molecule has 0 saturated carbocycles. The first-order valence-corrected chi connectivity index (χ1v) is 11.2. The molecular formula is C25H33N5. The van der Waals surface area contributed by atoms with Gasteiger partial charge in [0.05, 0.1) is 6.54 Å². The summed E-state index contributed by atoms with van der Waals surface area (Å²) in [6.07, 6.45) is 6.68. The third kappa shape index (κ3) is 5.35. The summed E-state index contributed by atoms with van der Waals surface area (Å²) < 4.78 is 0. The summed E-state index contributed by atoms with van der Waals surface area (Å²) in [7, 11) is 0. The SMILES string of the molecule is CCNC(=NCc1ccc(N2CC=CC2)cc1)NC1CCN(c2ccccc2)CC1. The van der Waals surface area contributed by atoms with Crippen molar-refractivity contribution in [3.8, 4) is 0 Å². The predicted octanol–water partition coefficient (Wildman–Crippen LogP) is 3.79. The molecule has 0 atom stereocenters. The molecule has 4 rings (SSSR count). The smallest absolute Gasteiger partial charge is 0.191 e. The van der Waals surface area contributed by atoms with Crippen LogP contribution < -0.4 is 20.4 Å². The van der Waals surface area contributed by atoms with E-state index in [0.29, 0.717) is 12.6 Å². The molecule has 2 aromatic rings. The molecule has 30 heavy (non-hydrogen) atoms. The van der Waals surface area contributed by atoms with Crippen LogP contribution in [0.1, 0.15) is 25.3 Å². The van der Waals surface area contributed by atoms with Gasteiger partial charge in [0.25, 0.3) is 0 Å². The van der Waals surface area contributed by atoms with Gasteiger partial charge in [0.2, 0.25) is 0 Å². The minimum absolute atomic E-state index is 0.466. The number of aliphatic imine (C=N–C) groups is 1. The number of benzene rings is 2. The molecule has 1 saturated heterocycles. The minimum atomic E-state index is 0.466. The van der Waals surface area contributed by atoms with Crippen LogP contribution in [0.3, 0.4) is 0 Å². The summed E-state index contributed by atoms with van der Waals surface area (Å²) in [6.45, 7) is 7.85. The Morgan fingerprint density at radius 2 is 1.57 bits per heavy atom. The van der Waals surface area contributed by atoms with Crippen LogP contribution in [-0.4, -0.2) is 44.7 Å². The van der Waals surface area contributed by atoms with Crippen LogP contribution in [0.15, 0.2) is 71.7 Å². The van der Waals surface area contributed by atoms with Gasteiger partial charge in [-0.1, -0.05) is 42.5 Å². The van der Waals surface area contributed by atoms with E-state index in [-0.39, 0.29) is 0 Å². The van der Waals surface area contributed by atoms with Gasteiger partial charge in [-0.15, -0.1) is 0 Å². The molecule has 5 heteroatoms. The van der Waals surface area contributed by atoms with Crippen LogP contribution in [-0.2, 0) is 6.54 Å². The van der Waals surface area contributed by atoms with E-state index in [1.807, 2.05) is 0 Å². The Labute approximate surface area is 180 Å². The van der Waals surface area contributed by atoms with Crippen molar-refractivity contribution in [1.29, 1.82) is 0 Å². The number of piperidine rings is 1. The first-order valence-electron chi connectivity index (χ1n) is 11.2. The quantitative estimate of drug-likeness (QED) is 0.438. The zero-order valence-electron chi connectivity index (χ0n) is 17.9. The molecule has 5 nitrogen and oxygen atoms in total. The molecule has 0 spiro atoms. The predicted molar refractivity (Wildman–Crippen MR) is 127 cm³/mol. The maximum absolute atomic E-state index is 4.84. The second-order valence-corrected chi connectivity index (χ2v) is 7.98. The van der Waals surface area contributed by atoms with Gasteiger partial charge in [-0.3, -0.25) is 0 Å². The van der Waals surface area contributed by atoms with Crippen molar-refractivity contribution in [1.82, 2.24) is 10.6 Å². The van der Waals surface area contributed by atoms with Crippen molar-refractivity contribution < 1.29 is 0 Å². The average Bonchev–Trinajstić information content (AvgIpc) is 3.34. The van der Waals surface area contributed by atoms with Crippen LogP contribution >= 0.6 is 0 Å². The molecular weight excluding hydrogens is 370 g/mol. The fourth-order valence-electron chi connectivity index (χ4n) is 4.11. The van der Waals surface area contributed by atoms with Crippen molar-refractivity contribution in [2.75, 3.05) is 42.5 Å². The Balaban J connectivity index is 1.29. The van der Waals surface area contributed by atoms with Gasteiger partial charge in [-0.05, 0) is 49.6 Å². The molecule has 2 aliphatic heterocycles. The lowest BCUT2D eigenvalue weighted by Crippen LogP contribution is -2.48. The van der Waals surface area contributed by atoms with Gasteiger partial charge < -0.3 is 20.4 Å². The van der Waals surface area contributed by atoms with Gasteiger partial charge in [0.1, 0.15) is 0 Å². The van der Waals surface area contributed by atoms with E-state index in [9.17, 15) is 0 Å². The molecule has 2 N–H and O–H groups in total. The normalized spacial score (nSPS) is 17.4. The van der Waals surface area contributed by atoms with Crippen molar-refractivity contribution in [2.45, 2.75) is 32.4 Å². The third-order valence-corrected chi connectivity index (χ3v) is 5.84. The third-order valence-electron chi connectivity index (χ3n) is 5.84. The van der Waals surface area contributed by atoms with E-state index in [0.717, 1.165) is 51.5 Å². The van der Waals surface area contributed by atoms with Gasteiger partial charge in [-0.2, -0.15) is 0 Å². The number of hydrogen-bond acceptors (Lipinski definition) is 3. The van der Waals surface area contributed by atoms with E-state index in [4.69, 9.17) is 4.99 Å². The molecule has 2 heterocycles. The van der Waals surface area contributed by atoms with Gasteiger partial charge in [-0.25, -0.2) is 4.99 Å². The lowest BCUT2D eigenvalue weighted by Gasteiger charge is -2.34. The summed E-state index contributed by atoms with van der Waals surface area (Å²) in [5.41, 5.74) is 3.84. The summed E-state index contributed by atoms with van der Waals surface area (Å²) in [4.78, 5) is 9.67. The maximum atomic E-state index is 4.84. The van der Waals surface area contributed by atoms with Gasteiger partial charge in [0, 0.05) is 50.1 Å². The summed E-state index contributed by atoms with van der Waals surface area (Å²) >= 11 is 0. The van der Waals surface area contributed by atoms with Crippen LogP contribution in [0, 0.1) is 0 Å². The highest BCUT2D eigenvalue weighted by atomic mass is 15.2. The first kappa shape index (κ1) is 20.3. The summed E-state index contributed by atoms with van der Waals surface area (Å²) in [5, 5.41) is 7.06. The van der Waals surface area contributed by atoms with Crippen molar-refractivity contribution in [3.63, 3.8) is 0 Å². The lowest BCUT2D eigenvalue weighted by molar-refractivity contribution is 0.461. The van der Waals surface area contributed by atoms with Gasteiger partial charge >= 0.3 is 0 Å². The van der Waals surface area contributed by atoms with Crippen LogP contribution in [0.25, 0.3) is 0 Å². The molecule has 0 aromatic heterocycles. The van der Waals surface area contributed by atoms with Crippen molar-refractivity contribution in [3.05, 3.63) is 72.3 Å². The second kappa shape index (κ2) is 10.2. The van der Waals surface area contributed by atoms with Crippen LogP contribution in [0.4, 0.5) is 11.4 Å². The minimum Gasteiger partial charge on any atom is -0.371 e. The number of para-hydroxylation sites is 1. The highest BCUT2D eigenvalue weighted by molar-refractivity contribution is 5.80. The molecule has 0 unspecified atom stereocenters. The largest absolute Gasteiger partial charge is 0.371 e. The Morgan fingerprint density at radius 3 is 2.23 bits per heavy atom. The highest BCUT2D eigenvalue weighted by Crippen LogP contribution is 2.20. The molecule has 0 aliphatic carbocycles. The highest BCUT2D eigenvalue weighted by Gasteiger charge is 2.20. The van der Waals surface area contributed by atoms with Crippen LogP contribution in [0.2, 0.25) is 0 Å². The van der Waals surface area contributed by atoms with E-state index in [1.165, 1.54) is 16.9 Å². The number of guanidine groups is 1.